The van der Waals surface area contributed by atoms with E-state index in [0.29, 0.717) is 32.1 Å². The van der Waals surface area contributed by atoms with Gasteiger partial charge in [-0.2, -0.15) is 0 Å². The highest BCUT2D eigenvalue weighted by Gasteiger charge is 2.19. The molecule has 8 nitrogen and oxygen atoms in total. The summed E-state index contributed by atoms with van der Waals surface area (Å²) in [4.78, 5) is 38.5. The smallest absolute Gasteiger partial charge is 0.243 e. The number of pyridine rings is 1. The van der Waals surface area contributed by atoms with Crippen LogP contribution in [0.3, 0.4) is 0 Å². The van der Waals surface area contributed by atoms with Gasteiger partial charge in [-0.15, -0.1) is 0 Å². The molecule has 0 radical (unpaired) electrons. The number of nitrogens with zero attached hydrogens (tertiary/aromatic N) is 1. The van der Waals surface area contributed by atoms with Crippen molar-refractivity contribution in [1.82, 2.24) is 15.6 Å². The molecule has 1 unspecified atom stereocenters. The van der Waals surface area contributed by atoms with Gasteiger partial charge in [-0.1, -0.05) is 16.9 Å². The summed E-state index contributed by atoms with van der Waals surface area (Å²) in [5.41, 5.74) is 0. The summed E-state index contributed by atoms with van der Waals surface area (Å²) < 4.78 is 10.4. The molecule has 1 heterocycles. The Morgan fingerprint density at radius 3 is 2.59 bits per heavy atom. The number of carbonyl (C=O) groups is 3. The highest BCUT2D eigenvalue weighted by Crippen LogP contribution is 2.29. The first kappa shape index (κ1) is 23.4. The van der Waals surface area contributed by atoms with Gasteiger partial charge in [0.2, 0.25) is 11.8 Å². The van der Waals surface area contributed by atoms with Crippen LogP contribution in [-0.2, 0) is 23.9 Å². The number of amides is 2. The van der Waals surface area contributed by atoms with Gasteiger partial charge in [0, 0.05) is 25.4 Å². The van der Waals surface area contributed by atoms with E-state index >= 15 is 0 Å². The molecule has 0 bridgehead atoms. The SMILES string of the molecule is CC(=O)COCCOCCNC(=O)C(CSSc1ccccn1)NC(C)=O. The minimum Gasteiger partial charge on any atom is -0.377 e. The molecule has 27 heavy (non-hydrogen) atoms. The highest BCUT2D eigenvalue weighted by molar-refractivity contribution is 8.76. The summed E-state index contributed by atoms with van der Waals surface area (Å²) >= 11 is 0. The fourth-order valence-corrected chi connectivity index (χ4v) is 3.86. The molecule has 0 aliphatic heterocycles. The molecule has 2 N–H and O–H groups in total. The number of ketones is 1. The molecule has 1 aromatic rings. The fraction of sp³-hybridized carbons (Fsp3) is 0.529. The Kier molecular flexibility index (Phi) is 12.5. The van der Waals surface area contributed by atoms with E-state index < -0.39 is 6.04 Å². The number of hydrogen-bond donors (Lipinski definition) is 2. The summed E-state index contributed by atoms with van der Waals surface area (Å²) in [5, 5.41) is 6.22. The Hall–Kier alpha value is -1.62. The Balaban J connectivity index is 2.22. The normalized spacial score (nSPS) is 11.6. The lowest BCUT2D eigenvalue weighted by Gasteiger charge is -2.17. The van der Waals surface area contributed by atoms with E-state index in [0.717, 1.165) is 5.03 Å². The van der Waals surface area contributed by atoms with Gasteiger partial charge in [-0.05, 0) is 29.9 Å². The third-order valence-corrected chi connectivity index (χ3v) is 5.21. The third kappa shape index (κ3) is 12.4. The largest absolute Gasteiger partial charge is 0.377 e. The highest BCUT2D eigenvalue weighted by atomic mass is 33.1. The van der Waals surface area contributed by atoms with Crippen LogP contribution < -0.4 is 10.6 Å². The minimum absolute atomic E-state index is 0.0367. The van der Waals surface area contributed by atoms with Crippen LogP contribution in [0.25, 0.3) is 0 Å². The van der Waals surface area contributed by atoms with Crippen molar-refractivity contribution in [2.45, 2.75) is 24.9 Å². The average molecular weight is 416 g/mol. The summed E-state index contributed by atoms with van der Waals surface area (Å²) in [7, 11) is 2.89. The summed E-state index contributed by atoms with van der Waals surface area (Å²) in [6, 6.07) is 4.96. The molecular formula is C17H25N3O5S2. The zero-order valence-corrected chi connectivity index (χ0v) is 17.1. The van der Waals surface area contributed by atoms with Gasteiger partial charge in [-0.25, -0.2) is 4.98 Å². The molecule has 0 fully saturated rings. The van der Waals surface area contributed by atoms with E-state index in [1.54, 1.807) is 6.20 Å². The van der Waals surface area contributed by atoms with E-state index in [4.69, 9.17) is 9.47 Å². The lowest BCUT2D eigenvalue weighted by atomic mass is 10.3. The van der Waals surface area contributed by atoms with E-state index in [2.05, 4.69) is 15.6 Å². The molecule has 1 aromatic heterocycles. The standard InChI is InChI=1S/C17H25N3O5S2/c1-13(21)11-25-10-9-24-8-7-19-17(23)15(20-14(2)22)12-26-27-16-5-3-4-6-18-16/h3-6,15H,7-12H2,1-2H3,(H,19,23)(H,20,22). The zero-order valence-electron chi connectivity index (χ0n) is 15.4. The van der Waals surface area contributed by atoms with Gasteiger partial charge in [-0.3, -0.25) is 14.4 Å². The predicted octanol–water partition coefficient (Wildman–Crippen LogP) is 1.06. The maximum absolute atomic E-state index is 12.2. The van der Waals surface area contributed by atoms with Crippen LogP contribution in [0.15, 0.2) is 29.4 Å². The van der Waals surface area contributed by atoms with Crippen LogP contribution in [0.4, 0.5) is 0 Å². The number of Topliss-reactive ketones (excluding diaryl/α,β-unsaturated/α-hetero) is 1. The first-order valence-corrected chi connectivity index (χ1v) is 10.7. The Labute approximate surface area is 166 Å². The van der Waals surface area contributed by atoms with Crippen LogP contribution in [0.1, 0.15) is 13.8 Å². The average Bonchev–Trinajstić information content (AvgIpc) is 2.63. The fourth-order valence-electron chi connectivity index (χ4n) is 1.79. The van der Waals surface area contributed by atoms with Crippen molar-refractivity contribution in [1.29, 1.82) is 0 Å². The van der Waals surface area contributed by atoms with Crippen LogP contribution in [0, 0.1) is 0 Å². The maximum Gasteiger partial charge on any atom is 0.243 e. The van der Waals surface area contributed by atoms with Gasteiger partial charge >= 0.3 is 0 Å². The van der Waals surface area contributed by atoms with Gasteiger partial charge < -0.3 is 20.1 Å². The topological polar surface area (TPSA) is 107 Å². The lowest BCUT2D eigenvalue weighted by Crippen LogP contribution is -2.48. The number of carbonyl (C=O) groups excluding carboxylic acids is 3. The molecule has 0 aromatic carbocycles. The van der Waals surface area contributed by atoms with Crippen molar-refractivity contribution in [2.24, 2.45) is 0 Å². The molecule has 0 aliphatic rings. The molecule has 1 rings (SSSR count). The number of rotatable bonds is 14. The molecule has 2 amide bonds. The monoisotopic (exact) mass is 415 g/mol. The van der Waals surface area contributed by atoms with Crippen molar-refractivity contribution >= 4 is 39.2 Å². The van der Waals surface area contributed by atoms with Crippen LogP contribution >= 0.6 is 21.6 Å². The number of nitrogens with one attached hydrogen (secondary N) is 2. The molecular weight excluding hydrogens is 390 g/mol. The second-order valence-corrected chi connectivity index (χ2v) is 7.81. The summed E-state index contributed by atoms with van der Waals surface area (Å²) in [6.45, 7) is 4.21. The van der Waals surface area contributed by atoms with Crippen molar-refractivity contribution < 1.29 is 23.9 Å². The van der Waals surface area contributed by atoms with Gasteiger partial charge in [0.25, 0.3) is 0 Å². The molecule has 0 spiro atoms. The third-order valence-electron chi connectivity index (χ3n) is 2.93. The summed E-state index contributed by atoms with van der Waals surface area (Å²) in [6.07, 6.45) is 1.70. The first-order valence-electron chi connectivity index (χ1n) is 8.39. The van der Waals surface area contributed by atoms with Gasteiger partial charge in [0.15, 0.2) is 5.78 Å². The number of ether oxygens (including phenoxy) is 2. The van der Waals surface area contributed by atoms with E-state index in [9.17, 15) is 14.4 Å². The zero-order chi connectivity index (χ0) is 19.9. The van der Waals surface area contributed by atoms with Crippen molar-refractivity contribution in [3.63, 3.8) is 0 Å². The van der Waals surface area contributed by atoms with Crippen LogP contribution in [0.2, 0.25) is 0 Å². The lowest BCUT2D eigenvalue weighted by molar-refractivity contribution is -0.127. The van der Waals surface area contributed by atoms with E-state index in [-0.39, 0.29) is 24.2 Å². The molecule has 10 heteroatoms. The van der Waals surface area contributed by atoms with Crippen molar-refractivity contribution in [3.8, 4) is 0 Å². The second kappa shape index (κ2) is 14.4. The van der Waals surface area contributed by atoms with E-state index in [1.165, 1.54) is 35.4 Å². The minimum atomic E-state index is -0.636. The molecule has 0 saturated heterocycles. The molecule has 0 saturated carbocycles. The van der Waals surface area contributed by atoms with Crippen molar-refractivity contribution in [3.05, 3.63) is 24.4 Å². The molecule has 150 valence electrons. The van der Waals surface area contributed by atoms with Crippen LogP contribution in [-0.4, -0.2) is 67.3 Å². The number of hydrogen-bond acceptors (Lipinski definition) is 8. The quantitative estimate of drug-likeness (QED) is 0.343. The molecule has 1 atom stereocenters. The van der Waals surface area contributed by atoms with Crippen LogP contribution in [0.5, 0.6) is 0 Å². The maximum atomic E-state index is 12.2. The van der Waals surface area contributed by atoms with E-state index in [1.807, 2.05) is 18.2 Å². The summed E-state index contributed by atoms with van der Waals surface area (Å²) in [5.74, 6) is -0.162. The first-order chi connectivity index (χ1) is 13.0. The Morgan fingerprint density at radius 1 is 1.15 bits per heavy atom. The molecule has 0 aliphatic carbocycles. The van der Waals surface area contributed by atoms with Gasteiger partial charge in [0.05, 0.1) is 19.8 Å². The Bertz CT molecular complexity index is 589. The predicted molar refractivity (Wildman–Crippen MR) is 105 cm³/mol. The van der Waals surface area contributed by atoms with Gasteiger partial charge in [0.1, 0.15) is 17.7 Å². The number of aromatic nitrogens is 1. The second-order valence-electron chi connectivity index (χ2n) is 5.45. The Morgan fingerprint density at radius 2 is 1.93 bits per heavy atom. The van der Waals surface area contributed by atoms with Crippen molar-refractivity contribution in [2.75, 3.05) is 38.7 Å².